The van der Waals surface area contributed by atoms with Crippen LogP contribution in [0.4, 0.5) is 0 Å². The average molecular weight is 274 g/mol. The number of rotatable bonds is 6. The van der Waals surface area contributed by atoms with Crippen LogP contribution in [0.3, 0.4) is 0 Å². The van der Waals surface area contributed by atoms with Gasteiger partial charge in [0.05, 0.1) is 19.3 Å². The van der Waals surface area contributed by atoms with Gasteiger partial charge in [-0.05, 0) is 56.0 Å². The molecule has 1 aromatic rings. The number of nitriles is 1. The summed E-state index contributed by atoms with van der Waals surface area (Å²) in [6.45, 7) is 3.60. The van der Waals surface area contributed by atoms with Crippen LogP contribution in [0.1, 0.15) is 30.4 Å². The first kappa shape index (κ1) is 14.8. The Labute approximate surface area is 120 Å². The van der Waals surface area contributed by atoms with E-state index < -0.39 is 0 Å². The van der Waals surface area contributed by atoms with Gasteiger partial charge in [0, 0.05) is 6.61 Å². The van der Waals surface area contributed by atoms with E-state index in [-0.39, 0.29) is 0 Å². The van der Waals surface area contributed by atoms with E-state index in [4.69, 9.17) is 14.7 Å². The second kappa shape index (κ2) is 7.88. The fourth-order valence-corrected chi connectivity index (χ4v) is 2.54. The fourth-order valence-electron chi connectivity index (χ4n) is 2.54. The molecule has 0 amide bonds. The van der Waals surface area contributed by atoms with Crippen molar-refractivity contribution in [2.24, 2.45) is 5.92 Å². The van der Waals surface area contributed by atoms with Crippen molar-refractivity contribution in [3.63, 3.8) is 0 Å². The molecule has 0 radical (unpaired) electrons. The Morgan fingerprint density at radius 3 is 3.05 bits per heavy atom. The summed E-state index contributed by atoms with van der Waals surface area (Å²) >= 11 is 0. The zero-order chi connectivity index (χ0) is 14.2. The zero-order valence-electron chi connectivity index (χ0n) is 12.0. The molecule has 4 nitrogen and oxygen atoms in total. The van der Waals surface area contributed by atoms with Crippen LogP contribution in [-0.4, -0.2) is 26.8 Å². The van der Waals surface area contributed by atoms with Gasteiger partial charge in [-0.15, -0.1) is 0 Å². The molecule has 20 heavy (non-hydrogen) atoms. The lowest BCUT2D eigenvalue weighted by molar-refractivity contribution is 0.103. The molecule has 4 heteroatoms. The maximum absolute atomic E-state index is 9.04. The molecule has 0 aliphatic carbocycles. The number of hydrogen-bond donors (Lipinski definition) is 1. The van der Waals surface area contributed by atoms with Crippen LogP contribution >= 0.6 is 0 Å². The lowest BCUT2D eigenvalue weighted by atomic mass is 9.97. The van der Waals surface area contributed by atoms with Crippen molar-refractivity contribution in [1.82, 2.24) is 5.32 Å². The van der Waals surface area contributed by atoms with Gasteiger partial charge < -0.3 is 14.8 Å². The van der Waals surface area contributed by atoms with E-state index in [0.717, 1.165) is 37.6 Å². The Kier molecular flexibility index (Phi) is 5.85. The molecule has 1 aliphatic heterocycles. The summed E-state index contributed by atoms with van der Waals surface area (Å²) in [7, 11) is 1.57. The normalized spacial score (nSPS) is 18.5. The minimum absolute atomic E-state index is 0.554. The molecule has 0 saturated carbocycles. The Bertz CT molecular complexity index is 462. The highest BCUT2D eigenvalue weighted by molar-refractivity contribution is 5.45. The van der Waals surface area contributed by atoms with Crippen LogP contribution in [0.2, 0.25) is 0 Å². The second-order valence-corrected chi connectivity index (χ2v) is 5.20. The van der Waals surface area contributed by atoms with Crippen LogP contribution in [0.5, 0.6) is 5.75 Å². The Morgan fingerprint density at radius 2 is 2.35 bits per heavy atom. The molecule has 1 heterocycles. The third kappa shape index (κ3) is 4.22. The van der Waals surface area contributed by atoms with Crippen LogP contribution in [0.25, 0.3) is 0 Å². The molecule has 1 aliphatic rings. The molecule has 1 saturated heterocycles. The molecule has 0 aromatic heterocycles. The second-order valence-electron chi connectivity index (χ2n) is 5.20. The van der Waals surface area contributed by atoms with Gasteiger partial charge in [-0.2, -0.15) is 5.26 Å². The number of nitrogens with zero attached hydrogens (tertiary/aromatic N) is 1. The molecule has 108 valence electrons. The molecule has 0 bridgehead atoms. The summed E-state index contributed by atoms with van der Waals surface area (Å²) < 4.78 is 10.8. The van der Waals surface area contributed by atoms with Gasteiger partial charge in [0.2, 0.25) is 0 Å². The number of piperidine rings is 1. The first-order chi connectivity index (χ1) is 9.83. The first-order valence-electron chi connectivity index (χ1n) is 7.19. The van der Waals surface area contributed by atoms with Crippen molar-refractivity contribution in [3.05, 3.63) is 29.3 Å². The van der Waals surface area contributed by atoms with Gasteiger partial charge in [-0.3, -0.25) is 0 Å². The predicted octanol–water partition coefficient (Wildman–Crippen LogP) is 2.47. The maximum Gasteiger partial charge on any atom is 0.136 e. The van der Waals surface area contributed by atoms with E-state index in [2.05, 4.69) is 11.4 Å². The van der Waals surface area contributed by atoms with Gasteiger partial charge in [0.25, 0.3) is 0 Å². The van der Waals surface area contributed by atoms with Gasteiger partial charge in [-0.25, -0.2) is 0 Å². The van der Waals surface area contributed by atoms with E-state index in [1.54, 1.807) is 7.11 Å². The van der Waals surface area contributed by atoms with Crippen molar-refractivity contribution in [2.45, 2.75) is 25.9 Å². The predicted molar refractivity (Wildman–Crippen MR) is 77.6 cm³/mol. The van der Waals surface area contributed by atoms with Crippen molar-refractivity contribution in [1.29, 1.82) is 5.26 Å². The van der Waals surface area contributed by atoms with Gasteiger partial charge in [0.15, 0.2) is 0 Å². The van der Waals surface area contributed by atoms with Crippen molar-refractivity contribution in [3.8, 4) is 11.8 Å². The lowest BCUT2D eigenvalue weighted by Crippen LogP contribution is -2.30. The summed E-state index contributed by atoms with van der Waals surface area (Å²) in [4.78, 5) is 0. The number of ether oxygens (including phenoxy) is 2. The Hall–Kier alpha value is -1.57. The molecule has 1 N–H and O–H groups in total. The third-order valence-electron chi connectivity index (χ3n) is 3.72. The van der Waals surface area contributed by atoms with Crippen molar-refractivity contribution >= 4 is 0 Å². The summed E-state index contributed by atoms with van der Waals surface area (Å²) in [6.07, 6.45) is 3.68. The SMILES string of the molecule is COc1ccc(COCCC2CCCNC2)cc1C#N. The number of benzene rings is 1. The molecule has 1 atom stereocenters. The van der Waals surface area contributed by atoms with Gasteiger partial charge in [-0.1, -0.05) is 6.07 Å². The van der Waals surface area contributed by atoms with Gasteiger partial charge in [0.1, 0.15) is 11.8 Å². The molecule has 0 spiro atoms. The fraction of sp³-hybridized carbons (Fsp3) is 0.562. The molecule has 1 unspecified atom stereocenters. The molecule has 1 fully saturated rings. The van der Waals surface area contributed by atoms with Crippen molar-refractivity contribution < 1.29 is 9.47 Å². The number of methoxy groups -OCH3 is 1. The Morgan fingerprint density at radius 1 is 1.45 bits per heavy atom. The summed E-state index contributed by atoms with van der Waals surface area (Å²) in [6, 6.07) is 7.74. The highest BCUT2D eigenvalue weighted by atomic mass is 16.5. The van der Waals surface area contributed by atoms with E-state index in [9.17, 15) is 0 Å². The standard InChI is InChI=1S/C16H22N2O2/c1-19-16-5-4-14(9-15(16)10-17)12-20-8-6-13-3-2-7-18-11-13/h4-5,9,13,18H,2-3,6-8,11-12H2,1H3. The summed E-state index contributed by atoms with van der Waals surface area (Å²) in [5.74, 6) is 1.36. The minimum atomic E-state index is 0.554. The zero-order valence-corrected chi connectivity index (χ0v) is 12.0. The van der Waals surface area contributed by atoms with Crippen LogP contribution in [0.15, 0.2) is 18.2 Å². The van der Waals surface area contributed by atoms with E-state index in [1.165, 1.54) is 12.8 Å². The van der Waals surface area contributed by atoms with E-state index in [1.807, 2.05) is 18.2 Å². The first-order valence-corrected chi connectivity index (χ1v) is 7.19. The van der Waals surface area contributed by atoms with Crippen LogP contribution in [-0.2, 0) is 11.3 Å². The Balaban J connectivity index is 1.75. The van der Waals surface area contributed by atoms with Crippen LogP contribution < -0.4 is 10.1 Å². The highest BCUT2D eigenvalue weighted by Crippen LogP contribution is 2.19. The molecule has 2 rings (SSSR count). The average Bonchev–Trinajstić information content (AvgIpc) is 2.52. The largest absolute Gasteiger partial charge is 0.495 e. The topological polar surface area (TPSA) is 54.3 Å². The smallest absolute Gasteiger partial charge is 0.136 e. The lowest BCUT2D eigenvalue weighted by Gasteiger charge is -2.22. The molecular weight excluding hydrogens is 252 g/mol. The summed E-state index contributed by atoms with van der Waals surface area (Å²) in [5, 5.41) is 12.5. The monoisotopic (exact) mass is 274 g/mol. The number of hydrogen-bond acceptors (Lipinski definition) is 4. The van der Waals surface area contributed by atoms with E-state index in [0.29, 0.717) is 17.9 Å². The molecule has 1 aromatic carbocycles. The molecular formula is C16H22N2O2. The quantitative estimate of drug-likeness (QED) is 0.810. The van der Waals surface area contributed by atoms with Crippen molar-refractivity contribution in [2.75, 3.05) is 26.8 Å². The van der Waals surface area contributed by atoms with Gasteiger partial charge >= 0.3 is 0 Å². The van der Waals surface area contributed by atoms with E-state index >= 15 is 0 Å². The van der Waals surface area contributed by atoms with Crippen LogP contribution in [0, 0.1) is 17.2 Å². The number of nitrogens with one attached hydrogen (secondary N) is 1. The maximum atomic E-state index is 9.04. The highest BCUT2D eigenvalue weighted by Gasteiger charge is 2.12. The summed E-state index contributed by atoms with van der Waals surface area (Å²) in [5.41, 5.74) is 1.58. The third-order valence-corrected chi connectivity index (χ3v) is 3.72. The minimum Gasteiger partial charge on any atom is -0.495 e.